The fourth-order valence-corrected chi connectivity index (χ4v) is 5.36. The van der Waals surface area contributed by atoms with Gasteiger partial charge in [0.25, 0.3) is 0 Å². The minimum atomic E-state index is 0.108. The van der Waals surface area contributed by atoms with Crippen LogP contribution in [0.25, 0.3) is 0 Å². The van der Waals surface area contributed by atoms with Crippen LogP contribution in [0.5, 0.6) is 0 Å². The molecule has 20 heavy (non-hydrogen) atoms. The van der Waals surface area contributed by atoms with Crippen LogP contribution in [0.4, 0.5) is 0 Å². The lowest BCUT2D eigenvalue weighted by Gasteiger charge is -2.61. The second-order valence-electron chi connectivity index (χ2n) is 8.38. The zero-order valence-electron chi connectivity index (χ0n) is 13.9. The number of ether oxygens (including phenoxy) is 1. The van der Waals surface area contributed by atoms with Gasteiger partial charge in [0.15, 0.2) is 0 Å². The van der Waals surface area contributed by atoms with Gasteiger partial charge >= 0.3 is 0 Å². The molecule has 0 aromatic carbocycles. The van der Waals surface area contributed by atoms with E-state index in [2.05, 4.69) is 34.3 Å². The molecule has 1 heteroatoms. The van der Waals surface area contributed by atoms with E-state index in [1.54, 1.807) is 0 Å². The van der Waals surface area contributed by atoms with E-state index in [0.29, 0.717) is 0 Å². The highest BCUT2D eigenvalue weighted by Crippen LogP contribution is 2.61. The minimum Gasteiger partial charge on any atom is -0.491 e. The van der Waals surface area contributed by atoms with Crippen molar-refractivity contribution in [2.75, 3.05) is 0 Å². The Labute approximate surface area is 125 Å². The van der Waals surface area contributed by atoms with E-state index in [0.717, 1.165) is 35.9 Å². The molecule has 4 saturated carbocycles. The maximum Gasteiger partial charge on any atom is 0.114 e. The molecule has 0 saturated heterocycles. The molecule has 0 radical (unpaired) electrons. The van der Waals surface area contributed by atoms with Gasteiger partial charge in [0.1, 0.15) is 5.60 Å². The van der Waals surface area contributed by atoms with Crippen molar-refractivity contribution in [3.63, 3.8) is 0 Å². The molecule has 4 fully saturated rings. The van der Waals surface area contributed by atoms with E-state index >= 15 is 0 Å². The van der Waals surface area contributed by atoms with Crippen LogP contribution in [0.15, 0.2) is 12.3 Å². The zero-order valence-corrected chi connectivity index (χ0v) is 13.9. The van der Waals surface area contributed by atoms with Gasteiger partial charge in [-0.3, -0.25) is 0 Å². The number of hydrogen-bond donors (Lipinski definition) is 0. The van der Waals surface area contributed by atoms with Crippen LogP contribution in [0.1, 0.15) is 72.6 Å². The van der Waals surface area contributed by atoms with Gasteiger partial charge in [-0.1, -0.05) is 34.3 Å². The normalized spacial score (nSPS) is 42.8. The second kappa shape index (κ2) is 4.78. The summed E-state index contributed by atoms with van der Waals surface area (Å²) in [4.78, 5) is 0. The molecule has 114 valence electrons. The van der Waals surface area contributed by atoms with E-state index in [1.807, 2.05) is 0 Å². The third kappa shape index (κ3) is 2.04. The van der Waals surface area contributed by atoms with Crippen molar-refractivity contribution in [1.82, 2.24) is 0 Å². The molecule has 1 nitrogen and oxygen atoms in total. The van der Waals surface area contributed by atoms with Gasteiger partial charge in [0.2, 0.25) is 0 Å². The smallest absolute Gasteiger partial charge is 0.114 e. The van der Waals surface area contributed by atoms with Crippen molar-refractivity contribution in [2.24, 2.45) is 29.1 Å². The SMILES string of the molecule is C=C(OC1(CC)C2CC3CC(C2)CC1C3)C(C)(C)CC. The number of allylic oxidation sites excluding steroid dienone is 1. The van der Waals surface area contributed by atoms with Crippen LogP contribution in [0, 0.1) is 29.1 Å². The maximum absolute atomic E-state index is 6.73. The lowest BCUT2D eigenvalue weighted by molar-refractivity contribution is -0.193. The summed E-state index contributed by atoms with van der Waals surface area (Å²) in [5.74, 6) is 4.65. The monoisotopic (exact) mass is 276 g/mol. The molecule has 4 aliphatic rings. The van der Waals surface area contributed by atoms with Crippen molar-refractivity contribution >= 4 is 0 Å². The summed E-state index contributed by atoms with van der Waals surface area (Å²) in [6.45, 7) is 13.4. The van der Waals surface area contributed by atoms with Gasteiger partial charge in [-0.2, -0.15) is 0 Å². The Morgan fingerprint density at radius 3 is 1.95 bits per heavy atom. The van der Waals surface area contributed by atoms with Crippen molar-refractivity contribution in [3.8, 4) is 0 Å². The number of hydrogen-bond acceptors (Lipinski definition) is 1. The molecular formula is C19H32O. The number of rotatable bonds is 5. The van der Waals surface area contributed by atoms with E-state index in [9.17, 15) is 0 Å². The molecular weight excluding hydrogens is 244 g/mol. The van der Waals surface area contributed by atoms with Gasteiger partial charge in [-0.15, -0.1) is 0 Å². The summed E-state index contributed by atoms with van der Waals surface area (Å²) in [5, 5.41) is 0. The van der Waals surface area contributed by atoms with E-state index in [1.165, 1.54) is 38.5 Å². The molecule has 0 aromatic rings. The standard InChI is InChI=1S/C19H32O/c1-6-18(4,5)13(3)20-19(7-2)16-9-14-8-15(11-16)12-17(19)10-14/h14-17H,3,6-12H2,1-2,4-5H3. The Bertz CT molecular complexity index is 365. The second-order valence-corrected chi connectivity index (χ2v) is 8.38. The third-order valence-corrected chi connectivity index (χ3v) is 7.02. The molecule has 4 aliphatic carbocycles. The molecule has 0 N–H and O–H groups in total. The average Bonchev–Trinajstić information content (AvgIpc) is 2.42. The molecule has 0 spiro atoms. The average molecular weight is 276 g/mol. The summed E-state index contributed by atoms with van der Waals surface area (Å²) in [6.07, 6.45) is 9.45. The fraction of sp³-hybridized carbons (Fsp3) is 0.895. The maximum atomic E-state index is 6.73. The fourth-order valence-electron chi connectivity index (χ4n) is 5.36. The first kappa shape index (κ1) is 14.5. The topological polar surface area (TPSA) is 9.23 Å². The molecule has 0 heterocycles. The van der Waals surface area contributed by atoms with Crippen molar-refractivity contribution in [3.05, 3.63) is 12.3 Å². The molecule has 0 atom stereocenters. The lowest BCUT2D eigenvalue weighted by atomic mass is 9.49. The highest BCUT2D eigenvalue weighted by atomic mass is 16.5. The van der Waals surface area contributed by atoms with Crippen molar-refractivity contribution in [2.45, 2.75) is 78.2 Å². The van der Waals surface area contributed by atoms with Gasteiger partial charge in [-0.25, -0.2) is 0 Å². The molecule has 0 aromatic heterocycles. The summed E-state index contributed by atoms with van der Waals surface area (Å²) < 4.78 is 6.73. The summed E-state index contributed by atoms with van der Waals surface area (Å²) in [5.41, 5.74) is 0.230. The van der Waals surface area contributed by atoms with Crippen molar-refractivity contribution < 1.29 is 4.74 Å². The Morgan fingerprint density at radius 1 is 1.05 bits per heavy atom. The molecule has 0 amide bonds. The van der Waals surface area contributed by atoms with Gasteiger partial charge in [0.05, 0.1) is 5.76 Å². The van der Waals surface area contributed by atoms with Crippen LogP contribution >= 0.6 is 0 Å². The quantitative estimate of drug-likeness (QED) is 0.597. The van der Waals surface area contributed by atoms with Crippen molar-refractivity contribution in [1.29, 1.82) is 0 Å². The van der Waals surface area contributed by atoms with Crippen LogP contribution in [0.3, 0.4) is 0 Å². The first-order chi connectivity index (χ1) is 9.41. The van der Waals surface area contributed by atoms with Crippen LogP contribution in [-0.4, -0.2) is 5.60 Å². The lowest BCUT2D eigenvalue weighted by Crippen LogP contribution is -2.58. The Kier molecular flexibility index (Phi) is 3.46. The molecule has 0 unspecified atom stereocenters. The van der Waals surface area contributed by atoms with Crippen LogP contribution < -0.4 is 0 Å². The predicted octanol–water partition coefficient (Wildman–Crippen LogP) is 5.56. The zero-order chi connectivity index (χ0) is 14.5. The summed E-state index contributed by atoms with van der Waals surface area (Å²) in [7, 11) is 0. The highest BCUT2D eigenvalue weighted by Gasteiger charge is 2.58. The Morgan fingerprint density at radius 2 is 1.55 bits per heavy atom. The summed E-state index contributed by atoms with van der Waals surface area (Å²) >= 11 is 0. The highest BCUT2D eigenvalue weighted by molar-refractivity contribution is 5.11. The first-order valence-electron chi connectivity index (χ1n) is 8.79. The van der Waals surface area contributed by atoms with Crippen LogP contribution in [0.2, 0.25) is 0 Å². The first-order valence-corrected chi connectivity index (χ1v) is 8.79. The molecule has 4 rings (SSSR count). The van der Waals surface area contributed by atoms with Gasteiger partial charge in [0, 0.05) is 5.41 Å². The minimum absolute atomic E-state index is 0.108. The predicted molar refractivity (Wildman–Crippen MR) is 84.4 cm³/mol. The van der Waals surface area contributed by atoms with Gasteiger partial charge < -0.3 is 4.74 Å². The largest absolute Gasteiger partial charge is 0.491 e. The van der Waals surface area contributed by atoms with Gasteiger partial charge in [-0.05, 0) is 68.6 Å². The molecule has 0 aliphatic heterocycles. The third-order valence-electron chi connectivity index (χ3n) is 7.02. The van der Waals surface area contributed by atoms with Crippen LogP contribution in [-0.2, 0) is 4.74 Å². The van der Waals surface area contributed by atoms with E-state index in [4.69, 9.17) is 4.74 Å². The Hall–Kier alpha value is -0.460. The summed E-state index contributed by atoms with van der Waals surface area (Å²) in [6, 6.07) is 0. The molecule has 4 bridgehead atoms. The Balaban J connectivity index is 1.83. The van der Waals surface area contributed by atoms with E-state index < -0.39 is 0 Å². The van der Waals surface area contributed by atoms with E-state index in [-0.39, 0.29) is 11.0 Å².